The Morgan fingerprint density at radius 3 is 1.33 bits per heavy atom. The van der Waals surface area contributed by atoms with Crippen molar-refractivity contribution < 1.29 is 14.5 Å². The van der Waals surface area contributed by atoms with Crippen molar-refractivity contribution in [2.45, 2.75) is 0 Å². The molecule has 0 unspecified atom stereocenters. The Hall–Kier alpha value is -2.94. The minimum atomic E-state index is 0.610. The maximum atomic E-state index is 5.70. The van der Waals surface area contributed by atoms with E-state index in [1.165, 1.54) is 0 Å². The van der Waals surface area contributed by atoms with E-state index in [9.17, 15) is 0 Å². The van der Waals surface area contributed by atoms with Crippen LogP contribution in [0.25, 0.3) is 0 Å². The van der Waals surface area contributed by atoms with E-state index in [1.54, 1.807) is 12.1 Å². The van der Waals surface area contributed by atoms with E-state index < -0.39 is 0 Å². The van der Waals surface area contributed by atoms with E-state index in [0.29, 0.717) is 11.5 Å². The summed E-state index contributed by atoms with van der Waals surface area (Å²) in [6.07, 6.45) is 0. The lowest BCUT2D eigenvalue weighted by Crippen LogP contribution is -1.99. The summed E-state index contributed by atoms with van der Waals surface area (Å²) < 4.78 is 5.70. The van der Waals surface area contributed by atoms with Crippen LogP contribution in [0.15, 0.2) is 84.9 Å². The molecule has 0 radical (unpaired) electrons. The molecule has 3 rings (SSSR count). The number of ether oxygens (including phenoxy) is 1. The van der Waals surface area contributed by atoms with Crippen molar-refractivity contribution in [1.29, 1.82) is 0 Å². The van der Waals surface area contributed by atoms with Gasteiger partial charge in [-0.2, -0.15) is 0 Å². The van der Waals surface area contributed by atoms with Gasteiger partial charge in [0, 0.05) is 0 Å². The van der Waals surface area contributed by atoms with Crippen LogP contribution in [0.2, 0.25) is 0 Å². The SMILES string of the molecule is c1ccc(OOc2ccc(Oc3ccccc3)cc2)cc1. The highest BCUT2D eigenvalue weighted by atomic mass is 17.2. The molecule has 0 atom stereocenters. The molecule has 3 aromatic carbocycles. The summed E-state index contributed by atoms with van der Waals surface area (Å²) in [6.45, 7) is 0. The molecular weight excluding hydrogens is 264 g/mol. The third kappa shape index (κ3) is 3.76. The number of hydrogen-bond acceptors (Lipinski definition) is 3. The van der Waals surface area contributed by atoms with Gasteiger partial charge in [-0.05, 0) is 48.5 Å². The van der Waals surface area contributed by atoms with Crippen LogP contribution in [0.3, 0.4) is 0 Å². The van der Waals surface area contributed by atoms with Crippen molar-refractivity contribution >= 4 is 0 Å². The minimum Gasteiger partial charge on any atom is -0.457 e. The molecule has 0 aliphatic rings. The molecule has 0 N–H and O–H groups in total. The summed E-state index contributed by atoms with van der Waals surface area (Å²) in [5.74, 6) is 2.81. The van der Waals surface area contributed by atoms with E-state index in [-0.39, 0.29) is 0 Å². The molecule has 0 amide bonds. The smallest absolute Gasteiger partial charge is 0.178 e. The Morgan fingerprint density at radius 1 is 0.381 bits per heavy atom. The molecule has 0 bridgehead atoms. The summed E-state index contributed by atoms with van der Waals surface area (Å²) >= 11 is 0. The highest BCUT2D eigenvalue weighted by Crippen LogP contribution is 2.24. The second kappa shape index (κ2) is 6.48. The molecule has 0 aromatic heterocycles. The van der Waals surface area contributed by atoms with Crippen molar-refractivity contribution in [3.63, 3.8) is 0 Å². The van der Waals surface area contributed by atoms with E-state index in [0.717, 1.165) is 11.5 Å². The summed E-state index contributed by atoms with van der Waals surface area (Å²) in [7, 11) is 0. The van der Waals surface area contributed by atoms with Gasteiger partial charge in [-0.3, -0.25) is 9.78 Å². The van der Waals surface area contributed by atoms with Crippen molar-refractivity contribution in [1.82, 2.24) is 0 Å². The normalized spacial score (nSPS) is 9.90. The zero-order chi connectivity index (χ0) is 14.3. The first-order valence-corrected chi connectivity index (χ1v) is 6.63. The van der Waals surface area contributed by atoms with E-state index in [4.69, 9.17) is 14.5 Å². The van der Waals surface area contributed by atoms with Gasteiger partial charge in [0.15, 0.2) is 11.5 Å². The lowest BCUT2D eigenvalue weighted by atomic mass is 10.3. The highest BCUT2D eigenvalue weighted by Gasteiger charge is 2.00. The molecule has 0 aliphatic heterocycles. The molecule has 3 aromatic rings. The van der Waals surface area contributed by atoms with Crippen LogP contribution < -0.4 is 14.5 Å². The lowest BCUT2D eigenvalue weighted by molar-refractivity contribution is -0.0999. The molecule has 21 heavy (non-hydrogen) atoms. The number of para-hydroxylation sites is 2. The molecule has 0 heterocycles. The molecule has 3 nitrogen and oxygen atoms in total. The molecule has 0 aliphatic carbocycles. The fourth-order valence-electron chi connectivity index (χ4n) is 1.76. The van der Waals surface area contributed by atoms with Crippen LogP contribution in [-0.4, -0.2) is 0 Å². The van der Waals surface area contributed by atoms with Crippen molar-refractivity contribution in [2.75, 3.05) is 0 Å². The summed E-state index contributed by atoms with van der Waals surface area (Å²) in [6, 6.07) is 26.2. The number of benzene rings is 3. The van der Waals surface area contributed by atoms with Gasteiger partial charge in [0.1, 0.15) is 11.5 Å². The maximum Gasteiger partial charge on any atom is 0.178 e. The second-order valence-electron chi connectivity index (χ2n) is 4.37. The molecule has 0 saturated heterocycles. The van der Waals surface area contributed by atoms with Gasteiger partial charge < -0.3 is 4.74 Å². The van der Waals surface area contributed by atoms with Gasteiger partial charge in [-0.1, -0.05) is 36.4 Å². The van der Waals surface area contributed by atoms with Crippen LogP contribution in [0.4, 0.5) is 0 Å². The molecule has 0 saturated carbocycles. The monoisotopic (exact) mass is 278 g/mol. The Bertz CT molecular complexity index is 664. The average molecular weight is 278 g/mol. The third-order valence-corrected chi connectivity index (χ3v) is 2.78. The maximum absolute atomic E-state index is 5.70. The van der Waals surface area contributed by atoms with Crippen LogP contribution in [-0.2, 0) is 0 Å². The Labute approximate surface area is 123 Å². The van der Waals surface area contributed by atoms with E-state index >= 15 is 0 Å². The largest absolute Gasteiger partial charge is 0.457 e. The van der Waals surface area contributed by atoms with Gasteiger partial charge in [0.05, 0.1) is 0 Å². The Morgan fingerprint density at radius 2 is 0.762 bits per heavy atom. The fourth-order valence-corrected chi connectivity index (χ4v) is 1.76. The third-order valence-electron chi connectivity index (χ3n) is 2.78. The number of rotatable bonds is 5. The van der Waals surface area contributed by atoms with Gasteiger partial charge in [-0.15, -0.1) is 0 Å². The summed E-state index contributed by atoms with van der Waals surface area (Å²) in [4.78, 5) is 10.5. The van der Waals surface area contributed by atoms with E-state index in [2.05, 4.69) is 0 Å². The minimum absolute atomic E-state index is 0.610. The quantitative estimate of drug-likeness (QED) is 0.493. The molecular formula is C18H14O3. The first kappa shape index (κ1) is 13.1. The Kier molecular flexibility index (Phi) is 4.03. The summed E-state index contributed by atoms with van der Waals surface area (Å²) in [5, 5.41) is 0. The Balaban J connectivity index is 1.59. The van der Waals surface area contributed by atoms with Crippen LogP contribution >= 0.6 is 0 Å². The van der Waals surface area contributed by atoms with E-state index in [1.807, 2.05) is 72.8 Å². The first-order valence-electron chi connectivity index (χ1n) is 6.63. The fraction of sp³-hybridized carbons (Fsp3) is 0. The first-order chi connectivity index (χ1) is 10.4. The van der Waals surface area contributed by atoms with Gasteiger partial charge >= 0.3 is 0 Å². The zero-order valence-electron chi connectivity index (χ0n) is 11.3. The van der Waals surface area contributed by atoms with Crippen molar-refractivity contribution in [3.8, 4) is 23.0 Å². The number of hydrogen-bond donors (Lipinski definition) is 0. The average Bonchev–Trinajstić information content (AvgIpc) is 2.56. The molecule has 0 fully saturated rings. The second-order valence-corrected chi connectivity index (χ2v) is 4.37. The summed E-state index contributed by atoms with van der Waals surface area (Å²) in [5.41, 5.74) is 0. The lowest BCUT2D eigenvalue weighted by Gasteiger charge is -2.07. The van der Waals surface area contributed by atoms with Gasteiger partial charge in [0.2, 0.25) is 0 Å². The van der Waals surface area contributed by atoms with Crippen LogP contribution in [0.5, 0.6) is 23.0 Å². The van der Waals surface area contributed by atoms with Crippen LogP contribution in [0, 0.1) is 0 Å². The van der Waals surface area contributed by atoms with Crippen molar-refractivity contribution in [3.05, 3.63) is 84.9 Å². The molecule has 3 heteroatoms. The molecule has 104 valence electrons. The zero-order valence-corrected chi connectivity index (χ0v) is 11.3. The van der Waals surface area contributed by atoms with Gasteiger partial charge in [-0.25, -0.2) is 0 Å². The molecule has 0 spiro atoms. The standard InChI is InChI=1S/C18H14O3/c1-3-7-15(8-4-1)19-16-11-13-18(14-12-16)21-20-17-9-5-2-6-10-17/h1-14H. The predicted octanol–water partition coefficient (Wildman–Crippen LogP) is 4.85. The van der Waals surface area contributed by atoms with Crippen molar-refractivity contribution in [2.24, 2.45) is 0 Å². The predicted molar refractivity (Wildman–Crippen MR) is 80.7 cm³/mol. The van der Waals surface area contributed by atoms with Gasteiger partial charge in [0.25, 0.3) is 0 Å². The van der Waals surface area contributed by atoms with Crippen LogP contribution in [0.1, 0.15) is 0 Å². The topological polar surface area (TPSA) is 27.7 Å². The highest BCUT2D eigenvalue weighted by molar-refractivity contribution is 5.35.